The minimum absolute atomic E-state index is 0.0211. The van der Waals surface area contributed by atoms with Crippen molar-refractivity contribution in [3.63, 3.8) is 0 Å². The molecule has 120 valence electrons. The van der Waals surface area contributed by atoms with E-state index in [1.807, 2.05) is 4.90 Å². The molecule has 2 amide bonds. The summed E-state index contributed by atoms with van der Waals surface area (Å²) < 4.78 is 0. The molecule has 2 atom stereocenters. The Kier molecular flexibility index (Phi) is 4.91. The maximum atomic E-state index is 12.5. The topological polar surface area (TPSA) is 49.4 Å². The Bertz CT molecular complexity index is 417. The number of nitrogens with zero attached hydrogens (tertiary/aromatic N) is 1. The first-order valence-corrected chi connectivity index (χ1v) is 8.98. The maximum absolute atomic E-state index is 12.5. The van der Waals surface area contributed by atoms with Crippen LogP contribution in [0.5, 0.6) is 0 Å². The number of carbonyl (C=O) groups is 2. The van der Waals surface area contributed by atoms with E-state index in [0.717, 1.165) is 12.2 Å². The molecule has 2 fully saturated rings. The number of carbonyl (C=O) groups excluding carboxylic acids is 2. The van der Waals surface area contributed by atoms with Crippen LogP contribution in [0.2, 0.25) is 0 Å². The summed E-state index contributed by atoms with van der Waals surface area (Å²) in [5.74, 6) is 2.44. The molecule has 0 radical (unpaired) electrons. The standard InChI is InChI=1S/C16H28N2O2S/c1-10(2)12(11(3)4)8-17-15(20)13-9-21-16(5)7-6-14(19)18(13)16/h10-13H,6-9H2,1-5H3,(H,17,20). The minimum atomic E-state index is -0.282. The van der Waals surface area contributed by atoms with Crippen LogP contribution in [0.25, 0.3) is 0 Å². The Hall–Kier alpha value is -0.710. The summed E-state index contributed by atoms with van der Waals surface area (Å²) in [6.45, 7) is 11.6. The van der Waals surface area contributed by atoms with E-state index < -0.39 is 0 Å². The summed E-state index contributed by atoms with van der Waals surface area (Å²) in [5.41, 5.74) is 0. The van der Waals surface area contributed by atoms with Crippen molar-refractivity contribution in [1.29, 1.82) is 0 Å². The highest BCUT2D eigenvalue weighted by Crippen LogP contribution is 2.47. The highest BCUT2D eigenvalue weighted by Gasteiger charge is 2.52. The summed E-state index contributed by atoms with van der Waals surface area (Å²) in [7, 11) is 0. The van der Waals surface area contributed by atoms with Gasteiger partial charge in [-0.3, -0.25) is 9.59 Å². The third-order valence-electron chi connectivity index (χ3n) is 4.97. The third kappa shape index (κ3) is 3.22. The average Bonchev–Trinajstić information content (AvgIpc) is 2.86. The van der Waals surface area contributed by atoms with E-state index in [9.17, 15) is 9.59 Å². The number of thioether (sulfide) groups is 1. The highest BCUT2D eigenvalue weighted by molar-refractivity contribution is 8.01. The zero-order valence-electron chi connectivity index (χ0n) is 13.8. The summed E-state index contributed by atoms with van der Waals surface area (Å²) >= 11 is 1.75. The van der Waals surface area contributed by atoms with Gasteiger partial charge in [-0.05, 0) is 31.1 Å². The summed E-state index contributed by atoms with van der Waals surface area (Å²) in [6.07, 6.45) is 1.44. The smallest absolute Gasteiger partial charge is 0.243 e. The molecule has 2 aliphatic rings. The van der Waals surface area contributed by atoms with Crippen molar-refractivity contribution >= 4 is 23.6 Å². The van der Waals surface area contributed by atoms with E-state index >= 15 is 0 Å². The van der Waals surface area contributed by atoms with Gasteiger partial charge < -0.3 is 10.2 Å². The Morgan fingerprint density at radius 3 is 2.57 bits per heavy atom. The van der Waals surface area contributed by atoms with E-state index in [2.05, 4.69) is 39.9 Å². The largest absolute Gasteiger partial charge is 0.354 e. The molecule has 0 saturated carbocycles. The van der Waals surface area contributed by atoms with Gasteiger partial charge in [0, 0.05) is 18.7 Å². The van der Waals surface area contributed by atoms with Crippen LogP contribution in [0.15, 0.2) is 0 Å². The summed E-state index contributed by atoms with van der Waals surface area (Å²) in [5, 5.41) is 3.09. The van der Waals surface area contributed by atoms with Crippen LogP contribution in [0.4, 0.5) is 0 Å². The van der Waals surface area contributed by atoms with E-state index in [1.165, 1.54) is 0 Å². The second-order valence-corrected chi connectivity index (χ2v) is 8.66. The highest BCUT2D eigenvalue weighted by atomic mass is 32.2. The van der Waals surface area contributed by atoms with Crippen LogP contribution in [0.1, 0.15) is 47.5 Å². The molecule has 0 bridgehead atoms. The molecule has 4 nitrogen and oxygen atoms in total. The monoisotopic (exact) mass is 312 g/mol. The van der Waals surface area contributed by atoms with Gasteiger partial charge in [0.15, 0.2) is 0 Å². The van der Waals surface area contributed by atoms with Crippen molar-refractivity contribution in [3.05, 3.63) is 0 Å². The van der Waals surface area contributed by atoms with Crippen molar-refractivity contribution < 1.29 is 9.59 Å². The molecular formula is C16H28N2O2S. The predicted molar refractivity (Wildman–Crippen MR) is 86.9 cm³/mol. The van der Waals surface area contributed by atoms with E-state index in [1.54, 1.807) is 11.8 Å². The van der Waals surface area contributed by atoms with Crippen LogP contribution in [0, 0.1) is 17.8 Å². The Morgan fingerprint density at radius 1 is 1.38 bits per heavy atom. The van der Waals surface area contributed by atoms with Gasteiger partial charge in [-0.1, -0.05) is 27.7 Å². The second kappa shape index (κ2) is 6.19. The Balaban J connectivity index is 1.97. The van der Waals surface area contributed by atoms with Gasteiger partial charge in [-0.25, -0.2) is 0 Å². The lowest BCUT2D eigenvalue weighted by atomic mass is 9.85. The number of fused-ring (bicyclic) bond motifs is 1. The summed E-state index contributed by atoms with van der Waals surface area (Å²) in [4.78, 5) is 26.2. The van der Waals surface area contributed by atoms with Crippen molar-refractivity contribution in [3.8, 4) is 0 Å². The maximum Gasteiger partial charge on any atom is 0.243 e. The molecule has 21 heavy (non-hydrogen) atoms. The van der Waals surface area contributed by atoms with Gasteiger partial charge in [0.2, 0.25) is 11.8 Å². The van der Waals surface area contributed by atoms with Gasteiger partial charge >= 0.3 is 0 Å². The molecule has 0 spiro atoms. The molecule has 0 aliphatic carbocycles. The second-order valence-electron chi connectivity index (χ2n) is 7.16. The quantitative estimate of drug-likeness (QED) is 0.848. The molecule has 1 N–H and O–H groups in total. The van der Waals surface area contributed by atoms with Gasteiger partial charge in [0.05, 0.1) is 4.87 Å². The Morgan fingerprint density at radius 2 is 2.00 bits per heavy atom. The predicted octanol–water partition coefficient (Wildman–Crippen LogP) is 2.48. The molecule has 2 unspecified atom stereocenters. The third-order valence-corrected chi connectivity index (χ3v) is 6.48. The number of rotatable bonds is 5. The van der Waals surface area contributed by atoms with Crippen molar-refractivity contribution in [1.82, 2.24) is 10.2 Å². The lowest BCUT2D eigenvalue weighted by molar-refractivity contribution is -0.138. The van der Waals surface area contributed by atoms with Crippen molar-refractivity contribution in [2.75, 3.05) is 12.3 Å². The number of amides is 2. The van der Waals surface area contributed by atoms with Crippen molar-refractivity contribution in [2.45, 2.75) is 58.4 Å². The fourth-order valence-electron chi connectivity index (χ4n) is 3.59. The van der Waals surface area contributed by atoms with Crippen LogP contribution >= 0.6 is 11.8 Å². The molecule has 0 aromatic carbocycles. The number of hydrogen-bond acceptors (Lipinski definition) is 3. The molecule has 0 aromatic rings. The van der Waals surface area contributed by atoms with Gasteiger partial charge in [-0.15, -0.1) is 11.8 Å². The first-order chi connectivity index (χ1) is 9.76. The molecule has 2 rings (SSSR count). The van der Waals surface area contributed by atoms with Crippen LogP contribution < -0.4 is 5.32 Å². The van der Waals surface area contributed by atoms with Gasteiger partial charge in [0.25, 0.3) is 0 Å². The first kappa shape index (κ1) is 16.7. The van der Waals surface area contributed by atoms with E-state index in [4.69, 9.17) is 0 Å². The fourth-order valence-corrected chi connectivity index (χ4v) is 5.02. The normalized spacial score (nSPS) is 28.9. The molecule has 2 saturated heterocycles. The van der Waals surface area contributed by atoms with Crippen LogP contribution in [-0.2, 0) is 9.59 Å². The SMILES string of the molecule is CC(C)C(CNC(=O)C1CSC2(C)CCC(=O)N12)C(C)C. The van der Waals surface area contributed by atoms with E-state index in [0.29, 0.717) is 30.7 Å². The zero-order chi connectivity index (χ0) is 15.8. The number of hydrogen-bond donors (Lipinski definition) is 1. The molecular weight excluding hydrogens is 284 g/mol. The zero-order valence-corrected chi connectivity index (χ0v) is 14.6. The van der Waals surface area contributed by atoms with Crippen LogP contribution in [-0.4, -0.2) is 39.9 Å². The van der Waals surface area contributed by atoms with Crippen LogP contribution in [0.3, 0.4) is 0 Å². The molecule has 2 aliphatic heterocycles. The van der Waals surface area contributed by atoms with Crippen molar-refractivity contribution in [2.24, 2.45) is 17.8 Å². The fraction of sp³-hybridized carbons (Fsp3) is 0.875. The first-order valence-electron chi connectivity index (χ1n) is 8.00. The van der Waals surface area contributed by atoms with Gasteiger partial charge in [0.1, 0.15) is 6.04 Å². The molecule has 0 aromatic heterocycles. The molecule has 2 heterocycles. The van der Waals surface area contributed by atoms with Gasteiger partial charge in [-0.2, -0.15) is 0 Å². The lowest BCUT2D eigenvalue weighted by Gasteiger charge is -2.31. The molecule has 5 heteroatoms. The summed E-state index contributed by atoms with van der Waals surface area (Å²) in [6, 6.07) is -0.282. The lowest BCUT2D eigenvalue weighted by Crippen LogP contribution is -2.51. The average molecular weight is 312 g/mol. The Labute approximate surface area is 132 Å². The minimum Gasteiger partial charge on any atom is -0.354 e. The van der Waals surface area contributed by atoms with E-state index in [-0.39, 0.29) is 22.7 Å². The number of nitrogens with one attached hydrogen (secondary N) is 1.